The third-order valence-electron chi connectivity index (χ3n) is 4.00. The average Bonchev–Trinajstić information content (AvgIpc) is 2.63. The molecule has 1 aliphatic rings. The Balaban J connectivity index is 1.64. The summed E-state index contributed by atoms with van der Waals surface area (Å²) in [5, 5.41) is 6.61. The second-order valence-corrected chi connectivity index (χ2v) is 8.34. The Bertz CT molecular complexity index is 877. The molecule has 6 nitrogen and oxygen atoms in total. The zero-order valence-corrected chi connectivity index (χ0v) is 16.1. The molecule has 26 heavy (non-hydrogen) atoms. The van der Waals surface area contributed by atoms with Gasteiger partial charge in [-0.15, -0.1) is 0 Å². The molecule has 1 saturated heterocycles. The van der Waals surface area contributed by atoms with E-state index in [1.165, 1.54) is 4.31 Å². The van der Waals surface area contributed by atoms with Crippen LogP contribution in [-0.4, -0.2) is 44.1 Å². The fourth-order valence-corrected chi connectivity index (χ4v) is 4.31. The normalized spacial score (nSPS) is 15.4. The minimum absolute atomic E-state index is 0.266. The molecule has 0 aliphatic carbocycles. The number of hydrogen-bond donors (Lipinski definition) is 2. The average molecular weight is 392 g/mol. The molecule has 2 N–H and O–H groups in total. The first kappa shape index (κ1) is 18.8. The van der Waals surface area contributed by atoms with Gasteiger partial charge in [0.25, 0.3) is 0 Å². The van der Waals surface area contributed by atoms with Crippen molar-refractivity contribution < 1.29 is 13.2 Å². The van der Waals surface area contributed by atoms with Crippen LogP contribution in [-0.2, 0) is 14.8 Å². The van der Waals surface area contributed by atoms with Gasteiger partial charge in [-0.25, -0.2) is 8.42 Å². The number of benzene rings is 2. The van der Waals surface area contributed by atoms with Crippen molar-refractivity contribution in [1.82, 2.24) is 4.31 Å². The van der Waals surface area contributed by atoms with E-state index in [4.69, 9.17) is 17.0 Å². The van der Waals surface area contributed by atoms with Crippen LogP contribution in [0, 0.1) is 6.92 Å². The van der Waals surface area contributed by atoms with Gasteiger partial charge in [0.2, 0.25) is 10.0 Å². The lowest BCUT2D eigenvalue weighted by atomic mass is 10.2. The SMILES string of the molecule is Cc1cccc(NC(=S)Nc2ccc(S(=O)(=O)N3CCOCC3)cc2)c1. The maximum absolute atomic E-state index is 12.6. The molecule has 2 aromatic rings. The number of nitrogens with one attached hydrogen (secondary N) is 2. The molecular formula is C18H21N3O3S2. The Morgan fingerprint density at radius 3 is 2.35 bits per heavy atom. The van der Waals surface area contributed by atoms with Crippen LogP contribution in [0.3, 0.4) is 0 Å². The van der Waals surface area contributed by atoms with Gasteiger partial charge in [-0.05, 0) is 61.1 Å². The van der Waals surface area contributed by atoms with E-state index < -0.39 is 10.0 Å². The van der Waals surface area contributed by atoms with Crippen LogP contribution in [0.1, 0.15) is 5.56 Å². The maximum Gasteiger partial charge on any atom is 0.243 e. The largest absolute Gasteiger partial charge is 0.379 e. The van der Waals surface area contributed by atoms with Crippen LogP contribution in [0.15, 0.2) is 53.4 Å². The van der Waals surface area contributed by atoms with Gasteiger partial charge < -0.3 is 15.4 Å². The zero-order chi connectivity index (χ0) is 18.6. The van der Waals surface area contributed by atoms with Gasteiger partial charge in [0.15, 0.2) is 5.11 Å². The summed E-state index contributed by atoms with van der Waals surface area (Å²) in [6, 6.07) is 14.5. The quantitative estimate of drug-likeness (QED) is 0.781. The first-order valence-electron chi connectivity index (χ1n) is 8.28. The van der Waals surface area contributed by atoms with E-state index in [-0.39, 0.29) is 4.90 Å². The molecule has 1 aliphatic heterocycles. The molecular weight excluding hydrogens is 370 g/mol. The van der Waals surface area contributed by atoms with Crippen molar-refractivity contribution in [2.45, 2.75) is 11.8 Å². The third-order valence-corrected chi connectivity index (χ3v) is 6.11. The summed E-state index contributed by atoms with van der Waals surface area (Å²) in [4.78, 5) is 0.266. The first-order valence-corrected chi connectivity index (χ1v) is 10.1. The minimum atomic E-state index is -3.48. The van der Waals surface area contributed by atoms with Gasteiger partial charge in [0.05, 0.1) is 18.1 Å². The predicted octanol–water partition coefficient (Wildman–Crippen LogP) is 2.82. The van der Waals surface area contributed by atoms with Gasteiger partial charge in [-0.3, -0.25) is 0 Å². The lowest BCUT2D eigenvalue weighted by Gasteiger charge is -2.26. The molecule has 0 saturated carbocycles. The van der Waals surface area contributed by atoms with Crippen LogP contribution in [0.25, 0.3) is 0 Å². The van der Waals surface area contributed by atoms with Crippen molar-refractivity contribution in [3.63, 3.8) is 0 Å². The van der Waals surface area contributed by atoms with Crippen molar-refractivity contribution in [2.75, 3.05) is 36.9 Å². The standard InChI is InChI=1S/C18H21N3O3S2/c1-14-3-2-4-16(13-14)20-18(25)19-15-5-7-17(8-6-15)26(22,23)21-9-11-24-12-10-21/h2-8,13H,9-12H2,1H3,(H2,19,20,25). The highest BCUT2D eigenvalue weighted by atomic mass is 32.2. The van der Waals surface area contributed by atoms with Crippen LogP contribution >= 0.6 is 12.2 Å². The van der Waals surface area contributed by atoms with Crippen LogP contribution in [0.4, 0.5) is 11.4 Å². The summed E-state index contributed by atoms with van der Waals surface area (Å²) in [6.45, 7) is 3.63. The van der Waals surface area contributed by atoms with Crippen molar-refractivity contribution in [3.05, 3.63) is 54.1 Å². The molecule has 0 aromatic heterocycles. The fraction of sp³-hybridized carbons (Fsp3) is 0.278. The number of hydrogen-bond acceptors (Lipinski definition) is 4. The number of anilines is 2. The highest BCUT2D eigenvalue weighted by molar-refractivity contribution is 7.89. The van der Waals surface area contributed by atoms with E-state index in [2.05, 4.69) is 10.6 Å². The Hall–Kier alpha value is -2.00. The Labute approximate surface area is 159 Å². The smallest absolute Gasteiger partial charge is 0.243 e. The summed E-state index contributed by atoms with van der Waals surface area (Å²) in [5.41, 5.74) is 2.75. The lowest BCUT2D eigenvalue weighted by molar-refractivity contribution is 0.0730. The van der Waals surface area contributed by atoms with Gasteiger partial charge in [-0.2, -0.15) is 4.31 Å². The second kappa shape index (κ2) is 8.13. The number of aryl methyl sites for hydroxylation is 1. The summed E-state index contributed by atoms with van der Waals surface area (Å²) < 4.78 is 31.9. The van der Waals surface area contributed by atoms with E-state index in [0.717, 1.165) is 16.9 Å². The summed E-state index contributed by atoms with van der Waals surface area (Å²) in [6.07, 6.45) is 0. The molecule has 0 spiro atoms. The maximum atomic E-state index is 12.6. The highest BCUT2D eigenvalue weighted by Gasteiger charge is 2.26. The van der Waals surface area contributed by atoms with Crippen molar-refractivity contribution in [1.29, 1.82) is 0 Å². The number of ether oxygens (including phenoxy) is 1. The molecule has 2 aromatic carbocycles. The number of rotatable bonds is 4. The Morgan fingerprint density at radius 2 is 1.69 bits per heavy atom. The Morgan fingerprint density at radius 1 is 1.04 bits per heavy atom. The van der Waals surface area contributed by atoms with Crippen molar-refractivity contribution >= 4 is 38.7 Å². The van der Waals surface area contributed by atoms with Crippen LogP contribution in [0.2, 0.25) is 0 Å². The summed E-state index contributed by atoms with van der Waals surface area (Å²) >= 11 is 5.31. The van der Waals surface area contributed by atoms with Gasteiger partial charge in [-0.1, -0.05) is 12.1 Å². The van der Waals surface area contributed by atoms with E-state index in [1.807, 2.05) is 31.2 Å². The van der Waals surface area contributed by atoms with Crippen LogP contribution in [0.5, 0.6) is 0 Å². The molecule has 0 radical (unpaired) electrons. The Kier molecular flexibility index (Phi) is 5.87. The van der Waals surface area contributed by atoms with E-state index in [1.54, 1.807) is 24.3 Å². The molecule has 0 bridgehead atoms. The molecule has 1 fully saturated rings. The summed E-state index contributed by atoms with van der Waals surface area (Å²) in [7, 11) is -3.48. The van der Waals surface area contributed by atoms with Gasteiger partial charge in [0.1, 0.15) is 0 Å². The number of sulfonamides is 1. The first-order chi connectivity index (χ1) is 12.4. The van der Waals surface area contributed by atoms with Crippen molar-refractivity contribution in [3.8, 4) is 0 Å². The van der Waals surface area contributed by atoms with E-state index in [9.17, 15) is 8.42 Å². The summed E-state index contributed by atoms with van der Waals surface area (Å²) in [5.74, 6) is 0. The van der Waals surface area contributed by atoms with E-state index in [0.29, 0.717) is 31.4 Å². The molecule has 8 heteroatoms. The second-order valence-electron chi connectivity index (χ2n) is 5.99. The molecule has 0 amide bonds. The lowest BCUT2D eigenvalue weighted by Crippen LogP contribution is -2.40. The zero-order valence-electron chi connectivity index (χ0n) is 14.4. The van der Waals surface area contributed by atoms with Crippen LogP contribution < -0.4 is 10.6 Å². The number of thiocarbonyl (C=S) groups is 1. The van der Waals surface area contributed by atoms with E-state index >= 15 is 0 Å². The minimum Gasteiger partial charge on any atom is -0.379 e. The highest BCUT2D eigenvalue weighted by Crippen LogP contribution is 2.19. The van der Waals surface area contributed by atoms with Gasteiger partial charge in [0, 0.05) is 24.5 Å². The number of morpholine rings is 1. The molecule has 0 atom stereocenters. The fourth-order valence-electron chi connectivity index (χ4n) is 2.66. The predicted molar refractivity (Wildman–Crippen MR) is 107 cm³/mol. The molecule has 3 rings (SSSR count). The molecule has 0 unspecified atom stereocenters. The third kappa shape index (κ3) is 4.59. The topological polar surface area (TPSA) is 70.7 Å². The molecule has 1 heterocycles. The van der Waals surface area contributed by atoms with Gasteiger partial charge >= 0.3 is 0 Å². The van der Waals surface area contributed by atoms with Crippen molar-refractivity contribution in [2.24, 2.45) is 0 Å². The monoisotopic (exact) mass is 391 g/mol. The molecule has 138 valence electrons. The number of nitrogens with zero attached hydrogens (tertiary/aromatic N) is 1.